The van der Waals surface area contributed by atoms with Crippen LogP contribution in [0, 0.1) is 11.8 Å². The smallest absolute Gasteiger partial charge is 0.119 e. The van der Waals surface area contributed by atoms with E-state index < -0.39 is 0 Å². The number of benzene rings is 2. The van der Waals surface area contributed by atoms with Crippen molar-refractivity contribution in [2.24, 2.45) is 11.8 Å². The van der Waals surface area contributed by atoms with Gasteiger partial charge in [-0.2, -0.15) is 0 Å². The molecule has 138 valence electrons. The van der Waals surface area contributed by atoms with Gasteiger partial charge in [-0.05, 0) is 83.0 Å². The van der Waals surface area contributed by atoms with Gasteiger partial charge in [0, 0.05) is 5.41 Å². The summed E-state index contributed by atoms with van der Waals surface area (Å²) in [6.07, 6.45) is 2.26. The zero-order chi connectivity index (χ0) is 18.6. The highest BCUT2D eigenvalue weighted by Gasteiger charge is 2.52. The molecule has 0 fully saturated rings. The molecule has 2 aromatic carbocycles. The Morgan fingerprint density at radius 2 is 1.42 bits per heavy atom. The standard InChI is InChI=1S/C24H30O2/c1-14(2)20-12-24(22-10-16(25)6-8-18(20)22)13-21(15(3)4)19-9-7-17(26-5)11-23(19)24/h6-11,14-15,20-21,25H,12-13H2,1-5H3. The van der Waals surface area contributed by atoms with Crippen LogP contribution < -0.4 is 4.74 Å². The van der Waals surface area contributed by atoms with E-state index in [2.05, 4.69) is 52.0 Å². The van der Waals surface area contributed by atoms with E-state index >= 15 is 0 Å². The molecule has 2 aliphatic carbocycles. The van der Waals surface area contributed by atoms with Crippen LogP contribution in [0.3, 0.4) is 0 Å². The van der Waals surface area contributed by atoms with E-state index in [9.17, 15) is 5.11 Å². The summed E-state index contributed by atoms with van der Waals surface area (Å²) in [4.78, 5) is 0. The Morgan fingerprint density at radius 1 is 0.885 bits per heavy atom. The van der Waals surface area contributed by atoms with Crippen molar-refractivity contribution in [3.05, 3.63) is 58.7 Å². The van der Waals surface area contributed by atoms with Gasteiger partial charge in [0.25, 0.3) is 0 Å². The Labute approximate surface area is 157 Å². The molecule has 0 heterocycles. The molecule has 2 nitrogen and oxygen atoms in total. The molecule has 2 aliphatic rings. The molecule has 1 spiro atoms. The van der Waals surface area contributed by atoms with E-state index in [-0.39, 0.29) is 5.41 Å². The van der Waals surface area contributed by atoms with Crippen molar-refractivity contribution in [2.75, 3.05) is 7.11 Å². The summed E-state index contributed by atoms with van der Waals surface area (Å²) in [5.41, 5.74) is 5.66. The van der Waals surface area contributed by atoms with Gasteiger partial charge in [-0.15, -0.1) is 0 Å². The maximum atomic E-state index is 10.3. The average molecular weight is 351 g/mol. The highest BCUT2D eigenvalue weighted by Crippen LogP contribution is 2.62. The van der Waals surface area contributed by atoms with E-state index in [1.165, 1.54) is 22.3 Å². The molecule has 0 bridgehead atoms. The molecular weight excluding hydrogens is 320 g/mol. The highest BCUT2D eigenvalue weighted by atomic mass is 16.5. The van der Waals surface area contributed by atoms with Crippen LogP contribution in [0.4, 0.5) is 0 Å². The topological polar surface area (TPSA) is 29.5 Å². The Hall–Kier alpha value is -1.96. The van der Waals surface area contributed by atoms with Crippen molar-refractivity contribution >= 4 is 0 Å². The number of hydrogen-bond acceptors (Lipinski definition) is 2. The van der Waals surface area contributed by atoms with Crippen LogP contribution in [0.1, 0.15) is 74.6 Å². The van der Waals surface area contributed by atoms with E-state index in [1.54, 1.807) is 7.11 Å². The van der Waals surface area contributed by atoms with E-state index in [4.69, 9.17) is 4.74 Å². The van der Waals surface area contributed by atoms with Crippen LogP contribution in [-0.4, -0.2) is 12.2 Å². The van der Waals surface area contributed by atoms with Crippen molar-refractivity contribution in [3.8, 4) is 11.5 Å². The minimum Gasteiger partial charge on any atom is -0.508 e. The second-order valence-corrected chi connectivity index (χ2v) is 8.92. The zero-order valence-electron chi connectivity index (χ0n) is 16.5. The third-order valence-corrected chi connectivity index (χ3v) is 6.87. The summed E-state index contributed by atoms with van der Waals surface area (Å²) in [5.74, 6) is 3.59. The molecule has 0 aromatic heterocycles. The number of aromatic hydroxyl groups is 1. The first kappa shape index (κ1) is 17.5. The number of rotatable bonds is 3. The molecule has 4 rings (SSSR count). The normalized spacial score (nSPS) is 26.6. The lowest BCUT2D eigenvalue weighted by atomic mass is 9.74. The monoisotopic (exact) mass is 350 g/mol. The second-order valence-electron chi connectivity index (χ2n) is 8.92. The number of phenols is 1. The molecule has 0 saturated heterocycles. The Balaban J connectivity index is 1.97. The van der Waals surface area contributed by atoms with Gasteiger partial charge < -0.3 is 9.84 Å². The van der Waals surface area contributed by atoms with Crippen LogP contribution in [0.15, 0.2) is 36.4 Å². The Morgan fingerprint density at radius 3 is 1.96 bits per heavy atom. The zero-order valence-corrected chi connectivity index (χ0v) is 16.5. The first-order valence-electron chi connectivity index (χ1n) is 9.89. The molecule has 0 saturated carbocycles. The molecule has 2 heteroatoms. The minimum absolute atomic E-state index is 0.00181. The van der Waals surface area contributed by atoms with Gasteiger partial charge in [-0.1, -0.05) is 39.8 Å². The quantitative estimate of drug-likeness (QED) is 0.738. The summed E-state index contributed by atoms with van der Waals surface area (Å²) in [6.45, 7) is 9.30. The van der Waals surface area contributed by atoms with Crippen LogP contribution in [-0.2, 0) is 5.41 Å². The lowest BCUT2D eigenvalue weighted by Crippen LogP contribution is -2.23. The second kappa shape index (κ2) is 6.04. The van der Waals surface area contributed by atoms with E-state index in [0.29, 0.717) is 29.4 Å². The number of fused-ring (bicyclic) bond motifs is 4. The van der Waals surface area contributed by atoms with Crippen molar-refractivity contribution in [1.29, 1.82) is 0 Å². The third-order valence-electron chi connectivity index (χ3n) is 6.87. The molecule has 0 aliphatic heterocycles. The van der Waals surface area contributed by atoms with Crippen molar-refractivity contribution in [1.82, 2.24) is 0 Å². The van der Waals surface area contributed by atoms with Gasteiger partial charge in [0.15, 0.2) is 0 Å². The molecular formula is C24H30O2. The lowest BCUT2D eigenvalue weighted by Gasteiger charge is -2.29. The fourth-order valence-corrected chi connectivity index (χ4v) is 5.51. The van der Waals surface area contributed by atoms with E-state index in [0.717, 1.165) is 18.6 Å². The summed E-state index contributed by atoms with van der Waals surface area (Å²) in [5, 5.41) is 10.3. The molecule has 2 aromatic rings. The largest absolute Gasteiger partial charge is 0.508 e. The predicted octanol–water partition coefficient (Wildman–Crippen LogP) is 5.97. The highest BCUT2D eigenvalue weighted by molar-refractivity contribution is 5.59. The van der Waals surface area contributed by atoms with Crippen LogP contribution in [0.25, 0.3) is 0 Å². The molecule has 0 radical (unpaired) electrons. The fourth-order valence-electron chi connectivity index (χ4n) is 5.51. The third kappa shape index (κ3) is 2.38. The van der Waals surface area contributed by atoms with Crippen LogP contribution in [0.2, 0.25) is 0 Å². The van der Waals surface area contributed by atoms with Gasteiger partial charge >= 0.3 is 0 Å². The number of phenolic OH excluding ortho intramolecular Hbond substituents is 1. The summed E-state index contributed by atoms with van der Waals surface area (Å²) in [7, 11) is 1.74. The average Bonchev–Trinajstić information content (AvgIpc) is 3.11. The molecule has 0 amide bonds. The summed E-state index contributed by atoms with van der Waals surface area (Å²) >= 11 is 0. The maximum Gasteiger partial charge on any atom is 0.119 e. The van der Waals surface area contributed by atoms with Gasteiger partial charge in [0.1, 0.15) is 11.5 Å². The van der Waals surface area contributed by atoms with Gasteiger partial charge in [0.2, 0.25) is 0 Å². The SMILES string of the molecule is COc1ccc2c(c1)C1(CC(C(C)C)c3ccc(O)cc31)CC2C(C)C. The Kier molecular flexibility index (Phi) is 4.06. The first-order valence-corrected chi connectivity index (χ1v) is 9.89. The number of ether oxygens (including phenoxy) is 1. The van der Waals surface area contributed by atoms with Gasteiger partial charge in [-0.25, -0.2) is 0 Å². The van der Waals surface area contributed by atoms with Crippen molar-refractivity contribution in [3.63, 3.8) is 0 Å². The van der Waals surface area contributed by atoms with Crippen LogP contribution >= 0.6 is 0 Å². The molecule has 26 heavy (non-hydrogen) atoms. The summed E-state index contributed by atoms with van der Waals surface area (Å²) in [6, 6.07) is 12.7. The Bertz CT molecular complexity index is 832. The molecule has 3 atom stereocenters. The fraction of sp³-hybridized carbons (Fsp3) is 0.500. The molecule has 3 unspecified atom stereocenters. The number of hydrogen-bond donors (Lipinski definition) is 1. The first-order chi connectivity index (χ1) is 12.4. The van der Waals surface area contributed by atoms with Gasteiger partial charge in [-0.3, -0.25) is 0 Å². The minimum atomic E-state index is 0.00181. The molecule has 1 N–H and O–H groups in total. The number of methoxy groups -OCH3 is 1. The van der Waals surface area contributed by atoms with Crippen LogP contribution in [0.5, 0.6) is 11.5 Å². The summed E-state index contributed by atoms with van der Waals surface area (Å²) < 4.78 is 5.57. The van der Waals surface area contributed by atoms with E-state index in [1.807, 2.05) is 12.1 Å². The maximum absolute atomic E-state index is 10.3. The lowest BCUT2D eigenvalue weighted by molar-refractivity contribution is 0.364. The van der Waals surface area contributed by atoms with Crippen molar-refractivity contribution < 1.29 is 9.84 Å². The van der Waals surface area contributed by atoms with Crippen molar-refractivity contribution in [2.45, 2.75) is 57.8 Å². The predicted molar refractivity (Wildman–Crippen MR) is 106 cm³/mol. The van der Waals surface area contributed by atoms with Gasteiger partial charge in [0.05, 0.1) is 7.11 Å².